The van der Waals surface area contributed by atoms with Crippen LogP contribution in [0, 0.1) is 51.9 Å². The lowest BCUT2D eigenvalue weighted by atomic mass is 9.78. The number of aromatic nitrogens is 8. The summed E-state index contributed by atoms with van der Waals surface area (Å²) in [7, 11) is 0. The number of β-amino-alcohol motifs (C(OH)–C–C–N with tert-alkyl or cyclic N) is 4. The summed E-state index contributed by atoms with van der Waals surface area (Å²) in [5, 5.41) is 53.1. The third-order valence-corrected chi connectivity index (χ3v) is 27.9. The smallest absolute Gasteiger partial charge is 0.234 e. The van der Waals surface area contributed by atoms with Crippen LogP contribution in [0.15, 0.2) is 191 Å². The molecule has 136 heavy (non-hydrogen) atoms. The first-order valence-electron chi connectivity index (χ1n) is 46.6. The number of benzene rings is 4. The van der Waals surface area contributed by atoms with Crippen LogP contribution in [-0.2, 0) is 44.8 Å². The summed E-state index contributed by atoms with van der Waals surface area (Å²) >= 11 is 2.96. The van der Waals surface area contributed by atoms with E-state index in [4.69, 9.17) is 26.8 Å². The number of amides is 4. The lowest BCUT2D eigenvalue weighted by Gasteiger charge is -2.33. The molecule has 0 saturated carbocycles. The molecule has 0 unspecified atom stereocenters. The van der Waals surface area contributed by atoms with Gasteiger partial charge in [-0.25, -0.2) is 19.9 Å². The van der Waals surface area contributed by atoms with Gasteiger partial charge in [0.05, 0.1) is 118 Å². The molecule has 0 spiro atoms. The minimum absolute atomic E-state index is 0.00951. The van der Waals surface area contributed by atoms with Gasteiger partial charge in [-0.1, -0.05) is 189 Å². The van der Waals surface area contributed by atoms with E-state index in [-0.39, 0.29) is 147 Å². The second-order valence-electron chi connectivity index (χ2n) is 38.4. The van der Waals surface area contributed by atoms with E-state index in [9.17, 15) is 58.8 Å². The van der Waals surface area contributed by atoms with E-state index in [0.717, 1.165) is 65.6 Å². The molecule has 12 heterocycles. The van der Waals surface area contributed by atoms with E-state index in [1.165, 1.54) is 40.5 Å². The number of aliphatic hydroxyl groups is 4. The molecule has 4 saturated heterocycles. The highest BCUT2D eigenvalue weighted by molar-refractivity contribution is 7.13. The Bertz CT molecular complexity index is 5970. The quantitative estimate of drug-likeness (QED) is 0.0313. The van der Waals surface area contributed by atoms with Crippen molar-refractivity contribution in [1.29, 1.82) is 0 Å². The molecule has 4 N–H and O–H groups in total. The van der Waals surface area contributed by atoms with Crippen molar-refractivity contribution >= 4 is 69.6 Å². The van der Waals surface area contributed by atoms with Gasteiger partial charge in [-0.2, -0.15) is 4.37 Å². The van der Waals surface area contributed by atoms with Crippen LogP contribution < -0.4 is 0 Å². The van der Waals surface area contributed by atoms with Crippen LogP contribution in [0.1, 0.15) is 248 Å². The molecule has 4 fully saturated rings. The zero-order valence-corrected chi connectivity index (χ0v) is 81.6. The molecule has 4 aliphatic heterocycles. The lowest BCUT2D eigenvalue weighted by molar-refractivity contribution is -0.141. The first kappa shape index (κ1) is 101. The fourth-order valence-corrected chi connectivity index (χ4v) is 20.5. The summed E-state index contributed by atoms with van der Waals surface area (Å²) in [4.78, 5) is 132. The average Bonchev–Trinajstić information content (AvgIpc) is 1.64. The summed E-state index contributed by atoms with van der Waals surface area (Å²) in [6, 6.07) is 36.5. The molecule has 4 amide bonds. The number of carbonyl (C=O) groups excluding carboxylic acids is 8. The first-order chi connectivity index (χ1) is 64.9. The van der Waals surface area contributed by atoms with E-state index >= 15 is 0 Å². The van der Waals surface area contributed by atoms with E-state index < -0.39 is 71.8 Å². The lowest BCUT2D eigenvalue weighted by Crippen LogP contribution is -2.46. The molecule has 16 rings (SSSR count). The van der Waals surface area contributed by atoms with E-state index in [2.05, 4.69) is 64.0 Å². The number of rotatable bonds is 31. The highest BCUT2D eigenvalue weighted by Crippen LogP contribution is 2.42. The SMILES string of the molecule is CC[C@@H](C(=O)N1C[C@H](O)C[C@H]1C(=O)C[C@@H](C)c1ccc(-c2cnco2)cc1)c1cc(C)no1.Cc1cc([C@H](C(=O)N2C[C@H](O)C[C@H]2C(=O)CCc2ccc(-c3scnc3C)cc2)C(C)C)sn1.Cc1cc([C@H](C(=O)N2C[C@H](O)C[C@H]2C(=O)C[C@@H](C)c2ccc(-c3cnco3)cc2)C(C)(C)C)on1.Cc1cc([C@H](C(=O)N2C[C@H](O)C[C@H]2C(=O)C[C@@H](C)c2ccc(-c3cnco3)cc2)C(C)C)on1. The van der Waals surface area contributed by atoms with Crippen molar-refractivity contribution in [3.8, 4) is 44.4 Å². The van der Waals surface area contributed by atoms with Crippen molar-refractivity contribution in [2.75, 3.05) is 26.2 Å². The molecule has 0 bridgehead atoms. The first-order valence-corrected chi connectivity index (χ1v) is 48.3. The van der Waals surface area contributed by atoms with Crippen LogP contribution >= 0.6 is 22.9 Å². The number of Topliss-reactive ketones (excluding diaryl/α,β-unsaturated/α-hetero) is 4. The van der Waals surface area contributed by atoms with Crippen LogP contribution in [-0.4, -0.2) is 201 Å². The van der Waals surface area contributed by atoms with Crippen LogP contribution in [0.3, 0.4) is 0 Å². The Morgan fingerprint density at radius 3 is 1.15 bits per heavy atom. The Kier molecular flexibility index (Phi) is 33.6. The molecular formula is C104H124N12O18S2. The monoisotopic (exact) mass is 1890 g/mol. The van der Waals surface area contributed by atoms with Crippen molar-refractivity contribution in [1.82, 2.24) is 59.4 Å². The largest absolute Gasteiger partial charge is 0.444 e. The Balaban J connectivity index is 0.000000153. The molecule has 8 aromatic heterocycles. The maximum atomic E-state index is 13.7. The number of nitrogens with zero attached hydrogens (tertiary/aromatic N) is 12. The average molecular weight is 1890 g/mol. The number of thiazole rings is 1. The summed E-state index contributed by atoms with van der Waals surface area (Å²) in [5.41, 5.74) is 13.4. The summed E-state index contributed by atoms with van der Waals surface area (Å²) in [5.74, 6) is 0.556. The third-order valence-electron chi connectivity index (χ3n) is 26.0. The summed E-state index contributed by atoms with van der Waals surface area (Å²) < 4.78 is 36.5. The highest BCUT2D eigenvalue weighted by Gasteiger charge is 2.49. The van der Waals surface area contributed by atoms with Gasteiger partial charge in [-0.05, 0) is 128 Å². The Hall–Kier alpha value is -12.2. The van der Waals surface area contributed by atoms with Crippen LogP contribution in [0.2, 0.25) is 0 Å². The Morgan fingerprint density at radius 1 is 0.441 bits per heavy atom. The van der Waals surface area contributed by atoms with Gasteiger partial charge in [-0.3, -0.25) is 38.4 Å². The molecule has 4 aliphatic rings. The standard InChI is InChI=1S/C27H33N3O5.C26H31N3O5.C26H31N3O3S2.C25H29N3O5/c1-16(18-6-8-19(9-7-18)24-13-28-15-34-24)10-22(32)21-12-20(31)14-30(21)26(33)25(27(3,4)5)23-11-17(2)29-35-23;1-15(2)25(23-10-17(4)28-34-23)26(32)29-13-20(30)11-21(29)22(31)9-16(3)18-5-7-19(8-6-18)24-12-27-14-33-24;1-15(2)24(23-11-16(3)28-34-23)26(32)29-13-20(30)12-21(29)22(31)10-7-18-5-8-19(9-6-18)25-17(4)27-14-33-25;1-4-20(23-10-16(3)27-33-23)25(31)28-13-19(29)11-21(28)22(30)9-15(2)17-5-7-18(8-6-17)24-12-26-14-32-24/h6-9,11,13,15-16,20-21,25,31H,10,12,14H2,1-5H3;5-8,10,12,14-16,20-21,25,30H,9,11,13H2,1-4H3;5-6,8-9,11,14-15,20-21,24,30H,7,10,12-13H2,1-4H3;5-8,10,12,14-15,19-21,29H,4,9,11,13H2,1-3H3/t2*16-,20-,21+,25-;20-,21+,24-;15-,19-,20-,21+/m1111/s1. The predicted octanol–water partition coefficient (Wildman–Crippen LogP) is 17.2. The summed E-state index contributed by atoms with van der Waals surface area (Å²) in [6.07, 6.45) is 9.65. The topological polar surface area (TPSA) is 412 Å². The minimum atomic E-state index is -0.735. The molecule has 32 heteroatoms. The Labute approximate surface area is 800 Å². The fraction of sp³-hybridized carbons (Fsp3) is 0.462. The van der Waals surface area contributed by atoms with Gasteiger partial charge in [0.2, 0.25) is 23.6 Å². The number of hydrogen-bond donors (Lipinski definition) is 4. The van der Waals surface area contributed by atoms with Gasteiger partial charge in [0, 0.05) is 117 Å². The molecule has 0 radical (unpaired) electrons. The van der Waals surface area contributed by atoms with Crippen LogP contribution in [0.5, 0.6) is 0 Å². The van der Waals surface area contributed by atoms with Gasteiger partial charge in [0.25, 0.3) is 0 Å². The molecule has 30 nitrogen and oxygen atoms in total. The maximum Gasteiger partial charge on any atom is 0.234 e. The zero-order chi connectivity index (χ0) is 97.7. The number of ketones is 4. The molecule has 12 aromatic rings. The highest BCUT2D eigenvalue weighted by atomic mass is 32.1. The fourth-order valence-electron chi connectivity index (χ4n) is 18.7. The van der Waals surface area contributed by atoms with Gasteiger partial charge in [-0.15, -0.1) is 11.3 Å². The Morgan fingerprint density at radius 2 is 0.809 bits per heavy atom. The van der Waals surface area contributed by atoms with E-state index in [1.807, 2.05) is 181 Å². The van der Waals surface area contributed by atoms with E-state index in [0.29, 0.717) is 77.3 Å². The van der Waals surface area contributed by atoms with Crippen molar-refractivity contribution in [3.05, 3.63) is 237 Å². The molecule has 720 valence electrons. The number of aryl methyl sites for hydroxylation is 6. The summed E-state index contributed by atoms with van der Waals surface area (Å²) in [6.45, 7) is 31.6. The van der Waals surface area contributed by atoms with Crippen molar-refractivity contribution in [2.24, 2.45) is 17.3 Å². The minimum Gasteiger partial charge on any atom is -0.444 e. The van der Waals surface area contributed by atoms with Crippen molar-refractivity contribution < 1.29 is 85.6 Å². The predicted molar refractivity (Wildman–Crippen MR) is 511 cm³/mol. The van der Waals surface area contributed by atoms with Gasteiger partial charge >= 0.3 is 0 Å². The van der Waals surface area contributed by atoms with Gasteiger partial charge in [0.15, 0.2) is 59.6 Å². The number of oxazole rings is 3. The van der Waals surface area contributed by atoms with Crippen molar-refractivity contribution in [2.45, 2.75) is 265 Å². The number of carbonyl (C=O) groups is 8. The molecule has 15 atom stereocenters. The number of likely N-dealkylation sites (tertiary alicyclic amines) is 4. The normalized spacial score (nSPS) is 19.8. The van der Waals surface area contributed by atoms with Gasteiger partial charge in [0.1, 0.15) is 29.1 Å². The van der Waals surface area contributed by atoms with Gasteiger partial charge < -0.3 is 66.8 Å². The van der Waals surface area contributed by atoms with Crippen molar-refractivity contribution in [3.63, 3.8) is 0 Å². The molecular weight excluding hydrogens is 1770 g/mol. The number of hydrogen-bond acceptors (Lipinski definition) is 28. The number of aliphatic hydroxyl groups excluding tert-OH is 4. The maximum absolute atomic E-state index is 13.7. The third kappa shape index (κ3) is 24.8. The second-order valence-corrected chi connectivity index (χ2v) is 40.1. The van der Waals surface area contributed by atoms with Crippen LogP contribution in [0.25, 0.3) is 44.4 Å². The molecule has 0 aliphatic carbocycles. The van der Waals surface area contributed by atoms with Crippen LogP contribution in [0.4, 0.5) is 0 Å². The molecule has 4 aromatic carbocycles. The second kappa shape index (κ2) is 45.2. The zero-order valence-electron chi connectivity index (χ0n) is 80.0. The van der Waals surface area contributed by atoms with E-state index in [1.54, 1.807) is 71.8 Å².